The fourth-order valence-corrected chi connectivity index (χ4v) is 1.79. The molecule has 0 atom stereocenters. The molecule has 2 aromatic rings. The van der Waals surface area contributed by atoms with Gasteiger partial charge in [0.1, 0.15) is 0 Å². The van der Waals surface area contributed by atoms with E-state index in [1.807, 2.05) is 18.2 Å². The van der Waals surface area contributed by atoms with Gasteiger partial charge in [-0.25, -0.2) is 0 Å². The monoisotopic (exact) mass is 272 g/mol. The molecule has 0 radical (unpaired) electrons. The Morgan fingerprint density at radius 2 is 1.80 bits per heavy atom. The molecule has 20 heavy (non-hydrogen) atoms. The van der Waals surface area contributed by atoms with Crippen LogP contribution in [0.3, 0.4) is 0 Å². The summed E-state index contributed by atoms with van der Waals surface area (Å²) in [4.78, 5) is 4.19. The molecule has 0 saturated carbocycles. The summed E-state index contributed by atoms with van der Waals surface area (Å²) in [6.45, 7) is 2.44. The molecule has 1 aromatic heterocycles. The molecule has 106 valence electrons. The Morgan fingerprint density at radius 1 is 1.00 bits per heavy atom. The Balaban J connectivity index is 1.59. The summed E-state index contributed by atoms with van der Waals surface area (Å²) in [6.07, 6.45) is 0.936. The van der Waals surface area contributed by atoms with Crippen LogP contribution in [0.1, 0.15) is 12.0 Å². The number of pyridine rings is 1. The minimum Gasteiger partial charge on any atom is -0.481 e. The van der Waals surface area contributed by atoms with Gasteiger partial charge in [0, 0.05) is 18.7 Å². The predicted octanol–water partition coefficient (Wildman–Crippen LogP) is 2.65. The van der Waals surface area contributed by atoms with E-state index in [0.29, 0.717) is 18.4 Å². The van der Waals surface area contributed by atoms with Crippen LogP contribution in [-0.4, -0.2) is 25.2 Å². The lowest BCUT2D eigenvalue weighted by Gasteiger charge is -2.07. The van der Waals surface area contributed by atoms with Crippen LogP contribution in [-0.2, 0) is 6.54 Å². The van der Waals surface area contributed by atoms with E-state index in [9.17, 15) is 0 Å². The van der Waals surface area contributed by atoms with Crippen LogP contribution in [0.15, 0.2) is 48.5 Å². The fraction of sp³-hybridized carbons (Fsp3) is 0.312. The first-order valence-corrected chi connectivity index (χ1v) is 6.77. The Bertz CT molecular complexity index is 503. The van der Waals surface area contributed by atoms with Gasteiger partial charge in [-0.05, 0) is 18.5 Å². The predicted molar refractivity (Wildman–Crippen MR) is 79.0 cm³/mol. The molecule has 0 bridgehead atoms. The van der Waals surface area contributed by atoms with E-state index in [1.54, 1.807) is 13.2 Å². The van der Waals surface area contributed by atoms with E-state index >= 15 is 0 Å². The number of ether oxygens (including phenoxy) is 2. The first-order valence-electron chi connectivity index (χ1n) is 6.77. The van der Waals surface area contributed by atoms with E-state index < -0.39 is 0 Å². The van der Waals surface area contributed by atoms with Crippen molar-refractivity contribution >= 4 is 0 Å². The Hall–Kier alpha value is -2.07. The van der Waals surface area contributed by atoms with Crippen LogP contribution < -0.4 is 14.8 Å². The van der Waals surface area contributed by atoms with Crippen LogP contribution in [0.25, 0.3) is 0 Å². The minimum atomic E-state index is 0.574. The van der Waals surface area contributed by atoms with Gasteiger partial charge in [0.2, 0.25) is 11.8 Å². The zero-order valence-corrected chi connectivity index (χ0v) is 11.7. The number of nitrogens with one attached hydrogen (secondary N) is 1. The van der Waals surface area contributed by atoms with Crippen molar-refractivity contribution in [1.29, 1.82) is 0 Å². The highest BCUT2D eigenvalue weighted by Crippen LogP contribution is 2.12. The van der Waals surface area contributed by atoms with Crippen molar-refractivity contribution in [2.45, 2.75) is 13.0 Å². The lowest BCUT2D eigenvalue weighted by molar-refractivity contribution is 0.290. The van der Waals surface area contributed by atoms with Crippen molar-refractivity contribution in [3.05, 3.63) is 54.1 Å². The molecule has 0 saturated heterocycles. The van der Waals surface area contributed by atoms with Gasteiger partial charge in [0.05, 0.1) is 13.7 Å². The van der Waals surface area contributed by atoms with Crippen LogP contribution in [0, 0.1) is 0 Å². The highest BCUT2D eigenvalue weighted by molar-refractivity contribution is 5.19. The number of aromatic nitrogens is 1. The van der Waals surface area contributed by atoms with Gasteiger partial charge in [0.25, 0.3) is 0 Å². The van der Waals surface area contributed by atoms with E-state index in [4.69, 9.17) is 9.47 Å². The SMILES string of the molecule is COc1cccc(OCCCNCc2ccccc2)n1. The molecule has 0 unspecified atom stereocenters. The van der Waals surface area contributed by atoms with Crippen LogP contribution >= 0.6 is 0 Å². The zero-order chi connectivity index (χ0) is 14.0. The molecule has 0 fully saturated rings. The standard InChI is InChI=1S/C16H20N2O2/c1-19-15-9-5-10-16(18-15)20-12-6-11-17-13-14-7-3-2-4-8-14/h2-5,7-10,17H,6,11-13H2,1H3. The molecule has 1 aromatic carbocycles. The maximum absolute atomic E-state index is 5.57. The lowest BCUT2D eigenvalue weighted by Crippen LogP contribution is -2.17. The van der Waals surface area contributed by atoms with Gasteiger partial charge < -0.3 is 14.8 Å². The van der Waals surface area contributed by atoms with Crippen LogP contribution in [0.4, 0.5) is 0 Å². The lowest BCUT2D eigenvalue weighted by atomic mass is 10.2. The molecule has 2 rings (SSSR count). The molecule has 4 heteroatoms. The summed E-state index contributed by atoms with van der Waals surface area (Å²) in [7, 11) is 1.60. The molecule has 1 heterocycles. The molecule has 0 aliphatic heterocycles. The van der Waals surface area contributed by atoms with Crippen molar-refractivity contribution in [1.82, 2.24) is 10.3 Å². The summed E-state index contributed by atoms with van der Waals surface area (Å²) >= 11 is 0. The molecule has 0 amide bonds. The van der Waals surface area contributed by atoms with E-state index in [-0.39, 0.29) is 0 Å². The topological polar surface area (TPSA) is 43.4 Å². The average Bonchev–Trinajstić information content (AvgIpc) is 2.52. The van der Waals surface area contributed by atoms with Crippen LogP contribution in [0.5, 0.6) is 11.8 Å². The average molecular weight is 272 g/mol. The minimum absolute atomic E-state index is 0.574. The second kappa shape index (κ2) is 8.17. The summed E-state index contributed by atoms with van der Waals surface area (Å²) in [5.41, 5.74) is 1.29. The number of hydrogen-bond acceptors (Lipinski definition) is 4. The van der Waals surface area contributed by atoms with Gasteiger partial charge in [-0.3, -0.25) is 0 Å². The Labute approximate surface area is 119 Å². The van der Waals surface area contributed by atoms with Gasteiger partial charge in [-0.15, -0.1) is 0 Å². The van der Waals surface area contributed by atoms with Gasteiger partial charge in [-0.2, -0.15) is 4.98 Å². The highest BCUT2D eigenvalue weighted by Gasteiger charge is 1.98. The zero-order valence-electron chi connectivity index (χ0n) is 11.7. The van der Waals surface area contributed by atoms with Crippen LogP contribution in [0.2, 0.25) is 0 Å². The van der Waals surface area contributed by atoms with Crippen molar-refractivity contribution in [2.75, 3.05) is 20.3 Å². The largest absolute Gasteiger partial charge is 0.481 e. The van der Waals surface area contributed by atoms with Gasteiger partial charge >= 0.3 is 0 Å². The van der Waals surface area contributed by atoms with E-state index in [0.717, 1.165) is 19.5 Å². The molecule has 0 aliphatic carbocycles. The van der Waals surface area contributed by atoms with Crippen molar-refractivity contribution in [2.24, 2.45) is 0 Å². The smallest absolute Gasteiger partial charge is 0.216 e. The van der Waals surface area contributed by atoms with E-state index in [2.05, 4.69) is 34.6 Å². The molecule has 4 nitrogen and oxygen atoms in total. The molecular weight excluding hydrogens is 252 g/mol. The third-order valence-corrected chi connectivity index (χ3v) is 2.83. The second-order valence-corrected chi connectivity index (χ2v) is 4.38. The quantitative estimate of drug-likeness (QED) is 0.750. The molecule has 0 aliphatic rings. The molecular formula is C16H20N2O2. The number of rotatable bonds is 8. The third kappa shape index (κ3) is 4.90. The summed E-state index contributed by atoms with van der Waals surface area (Å²) in [5.74, 6) is 1.18. The maximum Gasteiger partial charge on any atom is 0.216 e. The van der Waals surface area contributed by atoms with Crippen molar-refractivity contribution in [3.8, 4) is 11.8 Å². The highest BCUT2D eigenvalue weighted by atomic mass is 16.5. The fourth-order valence-electron chi connectivity index (χ4n) is 1.79. The number of methoxy groups -OCH3 is 1. The third-order valence-electron chi connectivity index (χ3n) is 2.83. The Kier molecular flexibility index (Phi) is 5.86. The van der Waals surface area contributed by atoms with Crippen molar-refractivity contribution < 1.29 is 9.47 Å². The normalized spacial score (nSPS) is 10.2. The number of hydrogen-bond donors (Lipinski definition) is 1. The van der Waals surface area contributed by atoms with Gasteiger partial charge in [0.15, 0.2) is 0 Å². The molecule has 1 N–H and O–H groups in total. The first-order chi connectivity index (χ1) is 9.88. The Morgan fingerprint density at radius 3 is 2.60 bits per heavy atom. The van der Waals surface area contributed by atoms with Gasteiger partial charge in [-0.1, -0.05) is 36.4 Å². The summed E-state index contributed by atoms with van der Waals surface area (Å²) < 4.78 is 10.6. The number of benzene rings is 1. The maximum atomic E-state index is 5.57. The van der Waals surface area contributed by atoms with Crippen molar-refractivity contribution in [3.63, 3.8) is 0 Å². The molecule has 0 spiro atoms. The first kappa shape index (κ1) is 14.3. The summed E-state index contributed by atoms with van der Waals surface area (Å²) in [5, 5.41) is 3.39. The number of nitrogens with zero attached hydrogens (tertiary/aromatic N) is 1. The summed E-state index contributed by atoms with van der Waals surface area (Å²) in [6, 6.07) is 15.9. The van der Waals surface area contributed by atoms with E-state index in [1.165, 1.54) is 5.56 Å². The second-order valence-electron chi connectivity index (χ2n) is 4.38.